The number of carbonyl (C=O) groups is 1. The summed E-state index contributed by atoms with van der Waals surface area (Å²) in [4.78, 5) is 11.5. The first-order valence-electron chi connectivity index (χ1n) is 7.09. The molecule has 1 aromatic heterocycles. The van der Waals surface area contributed by atoms with E-state index in [-0.39, 0.29) is 0 Å². The first-order chi connectivity index (χ1) is 10.0. The van der Waals surface area contributed by atoms with Gasteiger partial charge in [0.25, 0.3) is 0 Å². The van der Waals surface area contributed by atoms with Crippen molar-refractivity contribution in [3.63, 3.8) is 0 Å². The lowest BCUT2D eigenvalue weighted by molar-refractivity contribution is -0.156. The molecule has 3 rings (SSSR count). The van der Waals surface area contributed by atoms with Crippen LogP contribution in [0.2, 0.25) is 0 Å². The highest BCUT2D eigenvalue weighted by atomic mass is 16.4. The lowest BCUT2D eigenvalue weighted by Gasteiger charge is -2.37. The summed E-state index contributed by atoms with van der Waals surface area (Å²) in [5.74, 6) is -0.124. The average Bonchev–Trinajstić information content (AvgIpc) is 2.84. The van der Waals surface area contributed by atoms with Crippen molar-refractivity contribution in [1.82, 2.24) is 20.2 Å². The Bertz CT molecular complexity index is 689. The molecule has 0 bridgehead atoms. The molecule has 0 saturated heterocycles. The zero-order valence-electron chi connectivity index (χ0n) is 12.2. The van der Waals surface area contributed by atoms with Crippen LogP contribution in [-0.2, 0) is 11.3 Å². The summed E-state index contributed by atoms with van der Waals surface area (Å²) in [7, 11) is 0. The number of nitrogens with zero attached hydrogens (tertiary/aromatic N) is 4. The van der Waals surface area contributed by atoms with Crippen molar-refractivity contribution >= 4 is 5.97 Å². The van der Waals surface area contributed by atoms with Crippen LogP contribution in [0.3, 0.4) is 0 Å². The fourth-order valence-corrected chi connectivity index (χ4v) is 2.73. The number of aryl methyl sites for hydroxylation is 2. The highest BCUT2D eigenvalue weighted by Crippen LogP contribution is 2.43. The van der Waals surface area contributed by atoms with Gasteiger partial charge < -0.3 is 5.11 Å². The minimum Gasteiger partial charge on any atom is -0.481 e. The fourth-order valence-electron chi connectivity index (χ4n) is 2.73. The Morgan fingerprint density at radius 2 is 2.10 bits per heavy atom. The summed E-state index contributed by atoms with van der Waals surface area (Å²) < 4.78 is 1.62. The van der Waals surface area contributed by atoms with E-state index < -0.39 is 11.4 Å². The molecule has 1 N–H and O–H groups in total. The Labute approximate surface area is 122 Å². The van der Waals surface area contributed by atoms with Gasteiger partial charge in [-0.05, 0) is 54.3 Å². The monoisotopic (exact) mass is 286 g/mol. The van der Waals surface area contributed by atoms with Crippen molar-refractivity contribution in [2.24, 2.45) is 5.41 Å². The van der Waals surface area contributed by atoms with Gasteiger partial charge in [-0.3, -0.25) is 4.79 Å². The SMILES string of the molecule is Cc1ccc(-c2nnnn2CC2(C(=O)O)CCC2)cc1C. The second-order valence-electron chi connectivity index (χ2n) is 5.90. The van der Waals surface area contributed by atoms with Crippen LogP contribution in [0.1, 0.15) is 30.4 Å². The number of aromatic nitrogens is 4. The van der Waals surface area contributed by atoms with Crippen molar-refractivity contribution < 1.29 is 9.90 Å². The summed E-state index contributed by atoms with van der Waals surface area (Å²) >= 11 is 0. The van der Waals surface area contributed by atoms with Crippen LogP contribution in [0.5, 0.6) is 0 Å². The third-order valence-corrected chi connectivity index (χ3v) is 4.51. The number of hydrogen-bond donors (Lipinski definition) is 1. The minimum absolute atomic E-state index is 0.331. The van der Waals surface area contributed by atoms with Gasteiger partial charge in [0.2, 0.25) is 0 Å². The largest absolute Gasteiger partial charge is 0.481 e. The Morgan fingerprint density at radius 3 is 2.67 bits per heavy atom. The van der Waals surface area contributed by atoms with E-state index in [2.05, 4.69) is 22.4 Å². The van der Waals surface area contributed by atoms with Gasteiger partial charge in [0.05, 0.1) is 12.0 Å². The molecule has 1 heterocycles. The molecule has 0 aliphatic heterocycles. The Hall–Kier alpha value is -2.24. The summed E-state index contributed by atoms with van der Waals surface area (Å²) in [6.45, 7) is 4.42. The van der Waals surface area contributed by atoms with Crippen molar-refractivity contribution in [3.8, 4) is 11.4 Å². The molecule has 1 aliphatic carbocycles. The standard InChI is InChI=1S/C15H18N4O2/c1-10-4-5-12(8-11(10)2)13-16-17-18-19(13)9-15(14(20)21)6-3-7-15/h4-5,8H,3,6-7,9H2,1-2H3,(H,20,21). The maximum absolute atomic E-state index is 11.5. The normalized spacial score (nSPS) is 16.5. The number of tetrazole rings is 1. The van der Waals surface area contributed by atoms with Crippen LogP contribution in [0, 0.1) is 19.3 Å². The molecular formula is C15H18N4O2. The van der Waals surface area contributed by atoms with Crippen LogP contribution >= 0.6 is 0 Å². The maximum atomic E-state index is 11.5. The van der Waals surface area contributed by atoms with E-state index in [1.165, 1.54) is 11.1 Å². The van der Waals surface area contributed by atoms with Crippen LogP contribution < -0.4 is 0 Å². The molecule has 0 atom stereocenters. The summed E-state index contributed by atoms with van der Waals surface area (Å²) in [6.07, 6.45) is 2.33. The molecule has 2 aromatic rings. The average molecular weight is 286 g/mol. The first kappa shape index (κ1) is 13.7. The topological polar surface area (TPSA) is 80.9 Å². The molecular weight excluding hydrogens is 268 g/mol. The van der Waals surface area contributed by atoms with E-state index in [0.717, 1.165) is 12.0 Å². The number of carboxylic acids is 1. The van der Waals surface area contributed by atoms with Gasteiger partial charge in [0.15, 0.2) is 5.82 Å². The van der Waals surface area contributed by atoms with Gasteiger partial charge in [-0.2, -0.15) is 0 Å². The van der Waals surface area contributed by atoms with Crippen LogP contribution in [-0.4, -0.2) is 31.3 Å². The molecule has 1 aliphatic rings. The molecule has 0 radical (unpaired) electrons. The Balaban J connectivity index is 1.94. The fraction of sp³-hybridized carbons (Fsp3) is 0.467. The number of aliphatic carboxylic acids is 1. The third kappa shape index (κ3) is 2.30. The maximum Gasteiger partial charge on any atom is 0.311 e. The minimum atomic E-state index is -0.754. The molecule has 21 heavy (non-hydrogen) atoms. The van der Waals surface area contributed by atoms with E-state index >= 15 is 0 Å². The first-order valence-corrected chi connectivity index (χ1v) is 7.09. The summed E-state index contributed by atoms with van der Waals surface area (Å²) in [5.41, 5.74) is 2.59. The zero-order valence-corrected chi connectivity index (χ0v) is 12.2. The van der Waals surface area contributed by atoms with Gasteiger partial charge in [0, 0.05) is 5.56 Å². The number of rotatable bonds is 4. The van der Waals surface area contributed by atoms with E-state index in [9.17, 15) is 9.90 Å². The van der Waals surface area contributed by atoms with E-state index in [1.54, 1.807) is 4.68 Å². The van der Waals surface area contributed by atoms with E-state index in [1.807, 2.05) is 25.1 Å². The Kier molecular flexibility index (Phi) is 3.23. The lowest BCUT2D eigenvalue weighted by atomic mass is 9.69. The highest BCUT2D eigenvalue weighted by Gasteiger charge is 2.45. The van der Waals surface area contributed by atoms with Crippen molar-refractivity contribution in [2.45, 2.75) is 39.7 Å². The van der Waals surface area contributed by atoms with Gasteiger partial charge in [-0.15, -0.1) is 5.10 Å². The van der Waals surface area contributed by atoms with Crippen molar-refractivity contribution in [1.29, 1.82) is 0 Å². The summed E-state index contributed by atoms with van der Waals surface area (Å²) in [5, 5.41) is 21.2. The van der Waals surface area contributed by atoms with Gasteiger partial charge in [0.1, 0.15) is 0 Å². The predicted octanol–water partition coefficient (Wildman–Crippen LogP) is 2.21. The highest BCUT2D eigenvalue weighted by molar-refractivity contribution is 5.75. The number of benzene rings is 1. The van der Waals surface area contributed by atoms with Crippen LogP contribution in [0.4, 0.5) is 0 Å². The molecule has 110 valence electrons. The smallest absolute Gasteiger partial charge is 0.311 e. The number of carboxylic acid groups (broad SMARTS) is 1. The lowest BCUT2D eigenvalue weighted by Crippen LogP contribution is -2.42. The third-order valence-electron chi connectivity index (χ3n) is 4.51. The Morgan fingerprint density at radius 1 is 1.33 bits per heavy atom. The van der Waals surface area contributed by atoms with Gasteiger partial charge in [-0.1, -0.05) is 18.6 Å². The molecule has 0 unspecified atom stereocenters. The molecule has 6 heteroatoms. The molecule has 6 nitrogen and oxygen atoms in total. The quantitative estimate of drug-likeness (QED) is 0.932. The van der Waals surface area contributed by atoms with Crippen molar-refractivity contribution in [2.75, 3.05) is 0 Å². The number of hydrogen-bond acceptors (Lipinski definition) is 4. The molecule has 1 aromatic carbocycles. The summed E-state index contributed by atoms with van der Waals surface area (Å²) in [6, 6.07) is 6.03. The predicted molar refractivity (Wildman–Crippen MR) is 76.6 cm³/mol. The molecule has 0 amide bonds. The zero-order chi connectivity index (χ0) is 15.0. The molecule has 0 spiro atoms. The van der Waals surface area contributed by atoms with E-state index in [4.69, 9.17) is 0 Å². The molecule has 1 fully saturated rings. The van der Waals surface area contributed by atoms with Gasteiger partial charge >= 0.3 is 5.97 Å². The van der Waals surface area contributed by atoms with Gasteiger partial charge in [-0.25, -0.2) is 4.68 Å². The van der Waals surface area contributed by atoms with E-state index in [0.29, 0.717) is 25.2 Å². The van der Waals surface area contributed by atoms with Crippen molar-refractivity contribution in [3.05, 3.63) is 29.3 Å². The second-order valence-corrected chi connectivity index (χ2v) is 5.90. The molecule has 1 saturated carbocycles. The second kappa shape index (κ2) is 4.95. The van der Waals surface area contributed by atoms with Crippen LogP contribution in [0.15, 0.2) is 18.2 Å². The van der Waals surface area contributed by atoms with Crippen LogP contribution in [0.25, 0.3) is 11.4 Å².